The van der Waals surface area contributed by atoms with E-state index in [9.17, 15) is 0 Å². The summed E-state index contributed by atoms with van der Waals surface area (Å²) >= 11 is 1.93. The van der Waals surface area contributed by atoms with Gasteiger partial charge in [-0.3, -0.25) is 4.98 Å². The maximum atomic E-state index is 4.11. The van der Waals surface area contributed by atoms with Gasteiger partial charge in [0, 0.05) is 27.4 Å². The van der Waals surface area contributed by atoms with Crippen LogP contribution in [0.1, 0.15) is 23.6 Å². The zero-order chi connectivity index (χ0) is 7.97. The molecule has 0 radical (unpaired) electrons. The molecule has 0 saturated heterocycles. The second-order valence-corrected chi connectivity index (χ2v) is 4.45. The first kappa shape index (κ1) is 6.61. The minimum atomic E-state index is 0.877. The number of aromatic nitrogens is 1. The molecule has 0 amide bonds. The molecule has 0 aliphatic heterocycles. The number of fused-ring (bicyclic) bond motifs is 1. The monoisotopic (exact) mass is 175 g/mol. The molecule has 1 fully saturated rings. The molecule has 0 unspecified atom stereocenters. The predicted molar refractivity (Wildman–Crippen MR) is 51.6 cm³/mol. The molecular formula is C10H9NS. The van der Waals surface area contributed by atoms with E-state index in [1.165, 1.54) is 22.9 Å². The smallest absolute Gasteiger partial charge is 0.0376 e. The normalized spacial score (nSPS) is 17.0. The van der Waals surface area contributed by atoms with Crippen molar-refractivity contribution in [2.75, 3.05) is 0 Å². The van der Waals surface area contributed by atoms with Gasteiger partial charge in [-0.2, -0.15) is 0 Å². The van der Waals surface area contributed by atoms with Gasteiger partial charge in [-0.1, -0.05) is 0 Å². The van der Waals surface area contributed by atoms with Gasteiger partial charge in [0.2, 0.25) is 0 Å². The van der Waals surface area contributed by atoms with Crippen molar-refractivity contribution in [3.63, 3.8) is 0 Å². The van der Waals surface area contributed by atoms with E-state index >= 15 is 0 Å². The van der Waals surface area contributed by atoms with Gasteiger partial charge in [-0.25, -0.2) is 0 Å². The van der Waals surface area contributed by atoms with Crippen molar-refractivity contribution in [2.24, 2.45) is 0 Å². The number of pyridine rings is 1. The molecule has 0 atom stereocenters. The first-order valence-electron chi connectivity index (χ1n) is 4.27. The highest BCUT2D eigenvalue weighted by Gasteiger charge is 2.25. The summed E-state index contributed by atoms with van der Waals surface area (Å²) in [4.78, 5) is 5.67. The topological polar surface area (TPSA) is 12.9 Å². The molecule has 2 heterocycles. The summed E-state index contributed by atoms with van der Waals surface area (Å²) in [6, 6.07) is 4.40. The molecular weight excluding hydrogens is 166 g/mol. The van der Waals surface area contributed by atoms with Crippen LogP contribution in [0.25, 0.3) is 10.1 Å². The molecule has 60 valence electrons. The summed E-state index contributed by atoms with van der Waals surface area (Å²) < 4.78 is 1.38. The Kier molecular flexibility index (Phi) is 1.27. The first-order chi connectivity index (χ1) is 5.93. The third kappa shape index (κ3) is 0.950. The van der Waals surface area contributed by atoms with Crippen LogP contribution in [0.5, 0.6) is 0 Å². The summed E-state index contributed by atoms with van der Waals surface area (Å²) in [7, 11) is 0. The van der Waals surface area contributed by atoms with Crippen LogP contribution in [-0.2, 0) is 0 Å². The second-order valence-electron chi connectivity index (χ2n) is 3.34. The van der Waals surface area contributed by atoms with Gasteiger partial charge in [0.15, 0.2) is 0 Å². The fraction of sp³-hybridized carbons (Fsp3) is 0.300. The van der Waals surface area contributed by atoms with Crippen LogP contribution in [0.15, 0.2) is 24.5 Å². The van der Waals surface area contributed by atoms with E-state index in [0.29, 0.717) is 0 Å². The fourth-order valence-corrected chi connectivity index (χ4v) is 2.67. The van der Waals surface area contributed by atoms with Crippen molar-refractivity contribution < 1.29 is 0 Å². The Morgan fingerprint density at radius 3 is 3.08 bits per heavy atom. The molecule has 2 aromatic rings. The van der Waals surface area contributed by atoms with Gasteiger partial charge >= 0.3 is 0 Å². The van der Waals surface area contributed by atoms with E-state index in [1.807, 2.05) is 23.7 Å². The number of rotatable bonds is 1. The Morgan fingerprint density at radius 2 is 2.33 bits per heavy atom. The average Bonchev–Trinajstić information content (AvgIpc) is 2.85. The molecule has 1 aliphatic rings. The van der Waals surface area contributed by atoms with Crippen LogP contribution >= 0.6 is 11.3 Å². The molecule has 1 saturated carbocycles. The maximum absolute atomic E-state index is 4.11. The minimum absolute atomic E-state index is 0.877. The minimum Gasteiger partial charge on any atom is -0.264 e. The van der Waals surface area contributed by atoms with Crippen molar-refractivity contribution in [3.05, 3.63) is 29.4 Å². The number of thiophene rings is 1. The molecule has 0 aromatic carbocycles. The molecule has 3 rings (SSSR count). The lowest BCUT2D eigenvalue weighted by molar-refractivity contribution is 1.18. The Balaban J connectivity index is 2.23. The van der Waals surface area contributed by atoms with E-state index in [2.05, 4.69) is 17.1 Å². The Hall–Kier alpha value is -0.890. The SMILES string of the molecule is c1cc2sc(C3CC3)cc2cn1. The van der Waals surface area contributed by atoms with Crippen LogP contribution in [0.3, 0.4) is 0 Å². The van der Waals surface area contributed by atoms with Gasteiger partial charge in [-0.05, 0) is 30.9 Å². The van der Waals surface area contributed by atoms with Crippen LogP contribution < -0.4 is 0 Å². The van der Waals surface area contributed by atoms with Gasteiger partial charge in [0.25, 0.3) is 0 Å². The second kappa shape index (κ2) is 2.30. The zero-order valence-corrected chi connectivity index (χ0v) is 7.47. The molecule has 2 heteroatoms. The lowest BCUT2D eigenvalue weighted by Gasteiger charge is -1.83. The molecule has 1 aliphatic carbocycles. The van der Waals surface area contributed by atoms with Crippen molar-refractivity contribution in [2.45, 2.75) is 18.8 Å². The first-order valence-corrected chi connectivity index (χ1v) is 5.08. The number of hydrogen-bond donors (Lipinski definition) is 0. The van der Waals surface area contributed by atoms with Crippen LogP contribution in [0, 0.1) is 0 Å². The quantitative estimate of drug-likeness (QED) is 0.648. The van der Waals surface area contributed by atoms with Gasteiger partial charge in [0.05, 0.1) is 0 Å². The largest absolute Gasteiger partial charge is 0.264 e. The molecule has 12 heavy (non-hydrogen) atoms. The van der Waals surface area contributed by atoms with E-state index in [0.717, 1.165) is 5.92 Å². The van der Waals surface area contributed by atoms with Gasteiger partial charge in [0.1, 0.15) is 0 Å². The number of nitrogens with zero attached hydrogens (tertiary/aromatic N) is 1. The van der Waals surface area contributed by atoms with Crippen LogP contribution in [-0.4, -0.2) is 4.98 Å². The van der Waals surface area contributed by atoms with E-state index in [1.54, 1.807) is 4.88 Å². The molecule has 0 N–H and O–H groups in total. The zero-order valence-electron chi connectivity index (χ0n) is 6.66. The van der Waals surface area contributed by atoms with Crippen molar-refractivity contribution in [1.29, 1.82) is 0 Å². The van der Waals surface area contributed by atoms with Crippen molar-refractivity contribution >= 4 is 21.4 Å². The third-order valence-electron chi connectivity index (χ3n) is 2.32. The summed E-state index contributed by atoms with van der Waals surface area (Å²) in [5, 5.41) is 1.31. The highest BCUT2D eigenvalue weighted by atomic mass is 32.1. The van der Waals surface area contributed by atoms with E-state index < -0.39 is 0 Å². The molecule has 0 spiro atoms. The Labute approximate surface area is 75.1 Å². The van der Waals surface area contributed by atoms with Gasteiger partial charge < -0.3 is 0 Å². The molecule has 2 aromatic heterocycles. The van der Waals surface area contributed by atoms with Crippen molar-refractivity contribution in [3.8, 4) is 0 Å². The third-order valence-corrected chi connectivity index (χ3v) is 3.59. The molecule has 0 bridgehead atoms. The summed E-state index contributed by atoms with van der Waals surface area (Å²) in [5.41, 5.74) is 0. The summed E-state index contributed by atoms with van der Waals surface area (Å²) in [6.07, 6.45) is 6.60. The maximum Gasteiger partial charge on any atom is 0.0376 e. The highest BCUT2D eigenvalue weighted by molar-refractivity contribution is 7.19. The average molecular weight is 175 g/mol. The lowest BCUT2D eigenvalue weighted by Crippen LogP contribution is -1.66. The lowest BCUT2D eigenvalue weighted by atomic mass is 10.3. The van der Waals surface area contributed by atoms with E-state index in [-0.39, 0.29) is 0 Å². The van der Waals surface area contributed by atoms with Crippen molar-refractivity contribution in [1.82, 2.24) is 4.98 Å². The van der Waals surface area contributed by atoms with Crippen LogP contribution in [0.4, 0.5) is 0 Å². The van der Waals surface area contributed by atoms with Crippen LogP contribution in [0.2, 0.25) is 0 Å². The Morgan fingerprint density at radius 1 is 1.42 bits per heavy atom. The fourth-order valence-electron chi connectivity index (χ4n) is 1.47. The Bertz CT molecular complexity index is 381. The van der Waals surface area contributed by atoms with Gasteiger partial charge in [-0.15, -0.1) is 11.3 Å². The summed E-state index contributed by atoms with van der Waals surface area (Å²) in [5.74, 6) is 0.877. The predicted octanol–water partition coefficient (Wildman–Crippen LogP) is 3.17. The molecule has 1 nitrogen and oxygen atoms in total. The van der Waals surface area contributed by atoms with E-state index in [4.69, 9.17) is 0 Å². The highest BCUT2D eigenvalue weighted by Crippen LogP contribution is 2.44. The number of hydrogen-bond acceptors (Lipinski definition) is 2. The summed E-state index contributed by atoms with van der Waals surface area (Å²) in [6.45, 7) is 0. The standard InChI is InChI=1S/C10H9NS/c1-2-7(1)10-5-8-6-11-4-3-9(8)12-10/h3-7H,1-2H2.